The Morgan fingerprint density at radius 2 is 1.95 bits per heavy atom. The van der Waals surface area contributed by atoms with E-state index in [0.717, 1.165) is 23.1 Å². The molecule has 0 spiro atoms. The van der Waals surface area contributed by atoms with Crippen LogP contribution < -0.4 is 10.6 Å². The lowest BCUT2D eigenvalue weighted by molar-refractivity contribution is -0.123. The summed E-state index contributed by atoms with van der Waals surface area (Å²) in [7, 11) is 0. The number of halogens is 2. The third-order valence-corrected chi connectivity index (χ3v) is 5.17. The van der Waals surface area contributed by atoms with Crippen LogP contribution in [0.25, 0.3) is 0 Å². The lowest BCUT2D eigenvalue weighted by Crippen LogP contribution is -2.34. The molecule has 22 heavy (non-hydrogen) atoms. The topological polar surface area (TPSA) is 41.1 Å². The monoisotopic (exact) mass is 388 g/mol. The maximum atomic E-state index is 12.2. The normalized spacial score (nSPS) is 18.1. The molecule has 2 rings (SSSR count). The molecule has 2 N–H and O–H groups in total. The van der Waals surface area contributed by atoms with Gasteiger partial charge >= 0.3 is 0 Å². The number of piperidine rings is 1. The molecule has 0 bridgehead atoms. The van der Waals surface area contributed by atoms with Crippen molar-refractivity contribution in [1.29, 1.82) is 0 Å². The SMILES string of the molecule is CC(NC(=O)CC(C)C1CCNCC1)c1ccccc1Br.Cl. The minimum atomic E-state index is 0. The zero-order chi connectivity index (χ0) is 15.2. The molecule has 1 saturated heterocycles. The Hall–Kier alpha value is -0.580. The molecule has 0 radical (unpaired) electrons. The van der Waals surface area contributed by atoms with E-state index in [-0.39, 0.29) is 24.4 Å². The van der Waals surface area contributed by atoms with Gasteiger partial charge in [-0.15, -0.1) is 12.4 Å². The van der Waals surface area contributed by atoms with Crippen molar-refractivity contribution >= 4 is 34.2 Å². The molecule has 1 heterocycles. The molecule has 1 fully saturated rings. The molecular weight excluding hydrogens is 364 g/mol. The second-order valence-electron chi connectivity index (χ2n) is 6.08. The average Bonchev–Trinajstić information content (AvgIpc) is 2.48. The number of carbonyl (C=O) groups is 1. The van der Waals surface area contributed by atoms with E-state index < -0.39 is 0 Å². The van der Waals surface area contributed by atoms with Gasteiger partial charge < -0.3 is 10.6 Å². The zero-order valence-electron chi connectivity index (χ0n) is 13.3. The van der Waals surface area contributed by atoms with Gasteiger partial charge in [0.05, 0.1) is 6.04 Å². The predicted molar refractivity (Wildman–Crippen MR) is 97.3 cm³/mol. The third kappa shape index (κ3) is 5.56. The fraction of sp³-hybridized carbons (Fsp3) is 0.588. The lowest BCUT2D eigenvalue weighted by atomic mass is 9.84. The van der Waals surface area contributed by atoms with Crippen molar-refractivity contribution in [3.8, 4) is 0 Å². The molecule has 0 aromatic heterocycles. The first-order chi connectivity index (χ1) is 10.1. The first-order valence-corrected chi connectivity index (χ1v) is 8.61. The molecule has 1 aromatic rings. The zero-order valence-corrected chi connectivity index (χ0v) is 15.7. The molecule has 0 saturated carbocycles. The van der Waals surface area contributed by atoms with Crippen molar-refractivity contribution < 1.29 is 4.79 Å². The highest BCUT2D eigenvalue weighted by Gasteiger charge is 2.22. The highest BCUT2D eigenvalue weighted by Crippen LogP contribution is 2.26. The maximum Gasteiger partial charge on any atom is 0.220 e. The fourth-order valence-corrected chi connectivity index (χ4v) is 3.70. The van der Waals surface area contributed by atoms with Crippen LogP contribution in [0.2, 0.25) is 0 Å². The first-order valence-electron chi connectivity index (χ1n) is 7.82. The standard InChI is InChI=1S/C17H25BrN2O.ClH/c1-12(14-7-9-19-10-8-14)11-17(21)20-13(2)15-5-3-4-6-16(15)18;/h3-6,12-14,19H,7-11H2,1-2H3,(H,20,21);1H. The van der Waals surface area contributed by atoms with Crippen molar-refractivity contribution in [3.63, 3.8) is 0 Å². The van der Waals surface area contributed by atoms with Crippen molar-refractivity contribution in [1.82, 2.24) is 10.6 Å². The minimum absolute atomic E-state index is 0. The van der Waals surface area contributed by atoms with Gasteiger partial charge in [-0.2, -0.15) is 0 Å². The van der Waals surface area contributed by atoms with E-state index in [2.05, 4.69) is 33.5 Å². The number of hydrogen-bond donors (Lipinski definition) is 2. The molecule has 124 valence electrons. The highest BCUT2D eigenvalue weighted by atomic mass is 79.9. The van der Waals surface area contributed by atoms with E-state index in [9.17, 15) is 4.79 Å². The lowest BCUT2D eigenvalue weighted by Gasteiger charge is -2.28. The van der Waals surface area contributed by atoms with E-state index in [1.807, 2.05) is 31.2 Å². The molecule has 1 aliphatic rings. The number of amides is 1. The Bertz CT molecular complexity index is 477. The van der Waals surface area contributed by atoms with Crippen LogP contribution in [-0.2, 0) is 4.79 Å². The van der Waals surface area contributed by atoms with Crippen LogP contribution in [0, 0.1) is 11.8 Å². The number of carbonyl (C=O) groups excluding carboxylic acids is 1. The number of benzene rings is 1. The molecule has 5 heteroatoms. The van der Waals surface area contributed by atoms with Crippen molar-refractivity contribution in [2.24, 2.45) is 11.8 Å². The van der Waals surface area contributed by atoms with Gasteiger partial charge in [-0.1, -0.05) is 41.1 Å². The first kappa shape index (κ1) is 19.5. The summed E-state index contributed by atoms with van der Waals surface area (Å²) in [5.74, 6) is 1.29. The van der Waals surface area contributed by atoms with Gasteiger partial charge in [-0.05, 0) is 56.3 Å². The Labute approximate surface area is 148 Å². The van der Waals surface area contributed by atoms with Crippen molar-refractivity contribution in [2.45, 2.75) is 39.2 Å². The average molecular weight is 390 g/mol. The number of hydrogen-bond acceptors (Lipinski definition) is 2. The smallest absolute Gasteiger partial charge is 0.220 e. The molecule has 1 aliphatic heterocycles. The van der Waals surface area contributed by atoms with Crippen LogP contribution in [0.15, 0.2) is 28.7 Å². The fourth-order valence-electron chi connectivity index (χ4n) is 3.08. The highest BCUT2D eigenvalue weighted by molar-refractivity contribution is 9.10. The second-order valence-corrected chi connectivity index (χ2v) is 6.93. The van der Waals surface area contributed by atoms with Crippen LogP contribution >= 0.6 is 28.3 Å². The Morgan fingerprint density at radius 3 is 2.59 bits per heavy atom. The quantitative estimate of drug-likeness (QED) is 0.797. The van der Waals surface area contributed by atoms with Crippen LogP contribution in [0.4, 0.5) is 0 Å². The summed E-state index contributed by atoms with van der Waals surface area (Å²) in [6.07, 6.45) is 3.00. The van der Waals surface area contributed by atoms with Crippen LogP contribution in [0.3, 0.4) is 0 Å². The van der Waals surface area contributed by atoms with E-state index in [1.165, 1.54) is 12.8 Å². The Kier molecular flexibility index (Phi) is 8.44. The summed E-state index contributed by atoms with van der Waals surface area (Å²) in [5, 5.41) is 6.50. The molecule has 3 nitrogen and oxygen atoms in total. The van der Waals surface area contributed by atoms with Gasteiger partial charge in [0, 0.05) is 10.9 Å². The van der Waals surface area contributed by atoms with E-state index in [4.69, 9.17) is 0 Å². The van der Waals surface area contributed by atoms with Gasteiger partial charge in [0.25, 0.3) is 0 Å². The van der Waals surface area contributed by atoms with Crippen LogP contribution in [-0.4, -0.2) is 19.0 Å². The van der Waals surface area contributed by atoms with Gasteiger partial charge in [-0.25, -0.2) is 0 Å². The maximum absolute atomic E-state index is 12.2. The molecule has 2 atom stereocenters. The van der Waals surface area contributed by atoms with E-state index >= 15 is 0 Å². The summed E-state index contributed by atoms with van der Waals surface area (Å²) in [4.78, 5) is 12.2. The van der Waals surface area contributed by atoms with E-state index in [1.54, 1.807) is 0 Å². The summed E-state index contributed by atoms with van der Waals surface area (Å²) in [6, 6.07) is 8.08. The molecule has 1 aromatic carbocycles. The van der Waals surface area contributed by atoms with Crippen molar-refractivity contribution in [3.05, 3.63) is 34.3 Å². The van der Waals surface area contributed by atoms with Crippen LogP contribution in [0.1, 0.15) is 44.7 Å². The Balaban J connectivity index is 0.00000242. The van der Waals surface area contributed by atoms with Gasteiger partial charge in [0.15, 0.2) is 0 Å². The van der Waals surface area contributed by atoms with Crippen LogP contribution in [0.5, 0.6) is 0 Å². The van der Waals surface area contributed by atoms with Gasteiger partial charge in [0.1, 0.15) is 0 Å². The predicted octanol–water partition coefficient (Wildman–Crippen LogP) is 4.07. The Morgan fingerprint density at radius 1 is 1.32 bits per heavy atom. The molecule has 2 unspecified atom stereocenters. The summed E-state index contributed by atoms with van der Waals surface area (Å²) < 4.78 is 1.05. The van der Waals surface area contributed by atoms with E-state index in [0.29, 0.717) is 18.3 Å². The molecular formula is C17H26BrClN2O. The number of rotatable bonds is 5. The van der Waals surface area contributed by atoms with Crippen molar-refractivity contribution in [2.75, 3.05) is 13.1 Å². The summed E-state index contributed by atoms with van der Waals surface area (Å²) >= 11 is 3.54. The summed E-state index contributed by atoms with van der Waals surface area (Å²) in [5.41, 5.74) is 1.13. The minimum Gasteiger partial charge on any atom is -0.350 e. The molecule has 0 aliphatic carbocycles. The van der Waals surface area contributed by atoms with Gasteiger partial charge in [0.2, 0.25) is 5.91 Å². The third-order valence-electron chi connectivity index (χ3n) is 4.45. The van der Waals surface area contributed by atoms with Gasteiger partial charge in [-0.3, -0.25) is 4.79 Å². The number of nitrogens with one attached hydrogen (secondary N) is 2. The second kappa shape index (κ2) is 9.53. The summed E-state index contributed by atoms with van der Waals surface area (Å²) in [6.45, 7) is 6.42. The molecule has 1 amide bonds. The largest absolute Gasteiger partial charge is 0.350 e.